The fourth-order valence-electron chi connectivity index (χ4n) is 0.950. The van der Waals surface area contributed by atoms with Crippen LogP contribution in [0.3, 0.4) is 0 Å². The molecule has 0 aromatic carbocycles. The average molecular weight is 180 g/mol. The Labute approximate surface area is 76.6 Å². The van der Waals surface area contributed by atoms with Crippen molar-refractivity contribution in [3.8, 4) is 0 Å². The third-order valence-corrected chi connectivity index (χ3v) is 1.58. The average Bonchev–Trinajstić information content (AvgIpc) is 2.15. The van der Waals surface area contributed by atoms with Crippen LogP contribution in [-0.2, 0) is 6.54 Å². The van der Waals surface area contributed by atoms with E-state index in [2.05, 4.69) is 10.3 Å². The number of aromatic carboxylic acids is 1. The molecule has 70 valence electrons. The van der Waals surface area contributed by atoms with Crippen LogP contribution in [0.15, 0.2) is 18.2 Å². The van der Waals surface area contributed by atoms with Crippen molar-refractivity contribution in [2.45, 2.75) is 13.5 Å². The number of nitrogens with one attached hydrogen (secondary N) is 1. The smallest absolute Gasteiger partial charge is 0.354 e. The van der Waals surface area contributed by atoms with Gasteiger partial charge in [-0.25, -0.2) is 9.78 Å². The third-order valence-electron chi connectivity index (χ3n) is 1.58. The van der Waals surface area contributed by atoms with Crippen LogP contribution in [0.1, 0.15) is 23.1 Å². The summed E-state index contributed by atoms with van der Waals surface area (Å²) in [4.78, 5) is 14.5. The zero-order valence-electron chi connectivity index (χ0n) is 7.45. The lowest BCUT2D eigenvalue weighted by atomic mass is 10.3. The predicted molar refractivity (Wildman–Crippen MR) is 48.6 cm³/mol. The number of pyridine rings is 1. The SMILES string of the molecule is CCNCc1cccc(C(=O)O)n1. The molecule has 4 nitrogen and oxygen atoms in total. The van der Waals surface area contributed by atoms with Gasteiger partial charge in [-0.2, -0.15) is 0 Å². The van der Waals surface area contributed by atoms with Crippen molar-refractivity contribution in [3.05, 3.63) is 29.6 Å². The number of carboxylic acids is 1. The second-order valence-electron chi connectivity index (χ2n) is 2.60. The van der Waals surface area contributed by atoms with Gasteiger partial charge in [0, 0.05) is 6.54 Å². The Morgan fingerprint density at radius 1 is 1.62 bits per heavy atom. The number of nitrogens with zero attached hydrogens (tertiary/aromatic N) is 1. The molecule has 0 radical (unpaired) electrons. The number of hydrogen-bond donors (Lipinski definition) is 2. The maximum absolute atomic E-state index is 10.5. The molecule has 0 saturated heterocycles. The topological polar surface area (TPSA) is 62.2 Å². The van der Waals surface area contributed by atoms with E-state index in [4.69, 9.17) is 5.11 Å². The van der Waals surface area contributed by atoms with Gasteiger partial charge in [0.2, 0.25) is 0 Å². The first-order valence-corrected chi connectivity index (χ1v) is 4.14. The van der Waals surface area contributed by atoms with Gasteiger partial charge in [0.25, 0.3) is 0 Å². The van der Waals surface area contributed by atoms with E-state index in [9.17, 15) is 4.79 Å². The quantitative estimate of drug-likeness (QED) is 0.722. The molecule has 0 unspecified atom stereocenters. The zero-order valence-corrected chi connectivity index (χ0v) is 7.45. The van der Waals surface area contributed by atoms with Crippen molar-refractivity contribution in [1.29, 1.82) is 0 Å². The van der Waals surface area contributed by atoms with Gasteiger partial charge in [-0.3, -0.25) is 0 Å². The lowest BCUT2D eigenvalue weighted by Gasteiger charge is -2.01. The van der Waals surface area contributed by atoms with Crippen molar-refractivity contribution in [3.63, 3.8) is 0 Å². The molecule has 1 heterocycles. The second-order valence-corrected chi connectivity index (χ2v) is 2.60. The molecule has 0 aliphatic rings. The summed E-state index contributed by atoms with van der Waals surface area (Å²) in [5.74, 6) is -0.988. The van der Waals surface area contributed by atoms with Gasteiger partial charge in [-0.15, -0.1) is 0 Å². The molecule has 0 fully saturated rings. The summed E-state index contributed by atoms with van der Waals surface area (Å²) in [5.41, 5.74) is 0.845. The molecule has 2 N–H and O–H groups in total. The summed E-state index contributed by atoms with van der Waals surface area (Å²) < 4.78 is 0. The van der Waals surface area contributed by atoms with Crippen LogP contribution >= 0.6 is 0 Å². The molecule has 13 heavy (non-hydrogen) atoms. The molecule has 0 atom stereocenters. The minimum absolute atomic E-state index is 0.0930. The Balaban J connectivity index is 2.73. The van der Waals surface area contributed by atoms with E-state index in [1.165, 1.54) is 6.07 Å². The highest BCUT2D eigenvalue weighted by Gasteiger charge is 2.03. The van der Waals surface area contributed by atoms with E-state index in [-0.39, 0.29) is 5.69 Å². The lowest BCUT2D eigenvalue weighted by molar-refractivity contribution is 0.0690. The fraction of sp³-hybridized carbons (Fsp3) is 0.333. The van der Waals surface area contributed by atoms with Crippen LogP contribution in [-0.4, -0.2) is 22.6 Å². The Morgan fingerprint density at radius 2 is 2.38 bits per heavy atom. The largest absolute Gasteiger partial charge is 0.477 e. The zero-order chi connectivity index (χ0) is 9.68. The van der Waals surface area contributed by atoms with E-state index in [0.29, 0.717) is 6.54 Å². The van der Waals surface area contributed by atoms with Gasteiger partial charge in [-0.1, -0.05) is 13.0 Å². The number of rotatable bonds is 4. The summed E-state index contributed by atoms with van der Waals surface area (Å²) in [6.45, 7) is 3.44. The van der Waals surface area contributed by atoms with Crippen molar-refractivity contribution in [2.75, 3.05) is 6.54 Å². The van der Waals surface area contributed by atoms with Gasteiger partial charge in [0.15, 0.2) is 0 Å². The molecule has 0 amide bonds. The maximum atomic E-state index is 10.5. The Kier molecular flexibility index (Phi) is 3.40. The van der Waals surface area contributed by atoms with Gasteiger partial charge in [0.05, 0.1) is 5.69 Å². The standard InChI is InChI=1S/C9H12N2O2/c1-2-10-6-7-4-3-5-8(11-7)9(12)13/h3-5,10H,2,6H2,1H3,(H,12,13). The maximum Gasteiger partial charge on any atom is 0.354 e. The molecule has 1 aromatic heterocycles. The minimum atomic E-state index is -0.988. The van der Waals surface area contributed by atoms with E-state index in [1.807, 2.05) is 6.92 Å². The van der Waals surface area contributed by atoms with E-state index >= 15 is 0 Å². The van der Waals surface area contributed by atoms with E-state index < -0.39 is 5.97 Å². The first-order chi connectivity index (χ1) is 6.24. The van der Waals surface area contributed by atoms with Gasteiger partial charge < -0.3 is 10.4 Å². The van der Waals surface area contributed by atoms with Crippen LogP contribution in [0.25, 0.3) is 0 Å². The highest BCUT2D eigenvalue weighted by molar-refractivity contribution is 5.85. The molecule has 0 spiro atoms. The molecule has 4 heteroatoms. The fourth-order valence-corrected chi connectivity index (χ4v) is 0.950. The molecule has 0 aliphatic carbocycles. The number of carboxylic acid groups (broad SMARTS) is 1. The van der Waals surface area contributed by atoms with Crippen LogP contribution in [0, 0.1) is 0 Å². The van der Waals surface area contributed by atoms with Crippen molar-refractivity contribution < 1.29 is 9.90 Å². The molecule has 1 aromatic rings. The summed E-state index contributed by atoms with van der Waals surface area (Å²) in [7, 11) is 0. The van der Waals surface area contributed by atoms with Gasteiger partial charge in [0.1, 0.15) is 5.69 Å². The Morgan fingerprint density at radius 3 is 3.00 bits per heavy atom. The van der Waals surface area contributed by atoms with Gasteiger partial charge in [-0.05, 0) is 18.7 Å². The summed E-state index contributed by atoms with van der Waals surface area (Å²) in [6.07, 6.45) is 0. The molecular formula is C9H12N2O2. The highest BCUT2D eigenvalue weighted by atomic mass is 16.4. The number of carbonyl (C=O) groups is 1. The van der Waals surface area contributed by atoms with Crippen LogP contribution in [0.2, 0.25) is 0 Å². The molecule has 0 aliphatic heterocycles. The molecule has 0 saturated carbocycles. The van der Waals surface area contributed by atoms with Gasteiger partial charge >= 0.3 is 5.97 Å². The van der Waals surface area contributed by atoms with Crippen molar-refractivity contribution in [1.82, 2.24) is 10.3 Å². The summed E-state index contributed by atoms with van der Waals surface area (Å²) in [5, 5.41) is 11.7. The van der Waals surface area contributed by atoms with Crippen LogP contribution in [0.5, 0.6) is 0 Å². The highest BCUT2D eigenvalue weighted by Crippen LogP contribution is 1.98. The first-order valence-electron chi connectivity index (χ1n) is 4.14. The minimum Gasteiger partial charge on any atom is -0.477 e. The molecular weight excluding hydrogens is 168 g/mol. The van der Waals surface area contributed by atoms with Crippen LogP contribution < -0.4 is 5.32 Å². The van der Waals surface area contributed by atoms with E-state index in [1.54, 1.807) is 12.1 Å². The van der Waals surface area contributed by atoms with Crippen molar-refractivity contribution in [2.24, 2.45) is 0 Å². The number of hydrogen-bond acceptors (Lipinski definition) is 3. The van der Waals surface area contributed by atoms with Crippen molar-refractivity contribution >= 4 is 5.97 Å². The van der Waals surface area contributed by atoms with Crippen LogP contribution in [0.4, 0.5) is 0 Å². The lowest BCUT2D eigenvalue weighted by Crippen LogP contribution is -2.14. The first kappa shape index (κ1) is 9.67. The monoisotopic (exact) mass is 180 g/mol. The summed E-state index contributed by atoms with van der Waals surface area (Å²) in [6, 6.07) is 4.98. The normalized spacial score (nSPS) is 9.92. The second kappa shape index (κ2) is 4.57. The third kappa shape index (κ3) is 2.83. The Hall–Kier alpha value is -1.42. The Bertz CT molecular complexity index is 299. The van der Waals surface area contributed by atoms with E-state index in [0.717, 1.165) is 12.2 Å². The molecule has 0 bridgehead atoms. The molecule has 1 rings (SSSR count). The predicted octanol–water partition coefficient (Wildman–Crippen LogP) is 0.889. The summed E-state index contributed by atoms with van der Waals surface area (Å²) >= 11 is 0. The number of aromatic nitrogens is 1.